The minimum Gasteiger partial charge on any atom is -0.496 e. The van der Waals surface area contributed by atoms with Crippen molar-refractivity contribution >= 4 is 5.91 Å². The number of allylic oxidation sites excluding steroid dienone is 2. The lowest BCUT2D eigenvalue weighted by molar-refractivity contribution is -0.130. The van der Waals surface area contributed by atoms with Crippen molar-refractivity contribution in [3.8, 4) is 5.75 Å². The average Bonchev–Trinajstić information content (AvgIpc) is 3.52. The maximum atomic E-state index is 13.0. The second kappa shape index (κ2) is 9.51. The quantitative estimate of drug-likeness (QED) is 0.688. The Kier molecular flexibility index (Phi) is 6.31. The summed E-state index contributed by atoms with van der Waals surface area (Å²) in [5.74, 6) is 2.33. The van der Waals surface area contributed by atoms with Gasteiger partial charge in [-0.15, -0.1) is 0 Å². The number of benzene rings is 1. The molecule has 0 unspecified atom stereocenters. The van der Waals surface area contributed by atoms with Gasteiger partial charge in [0.2, 0.25) is 5.91 Å². The molecule has 2 atom stereocenters. The molecule has 1 aliphatic carbocycles. The number of nitrogens with zero attached hydrogens (tertiary/aromatic N) is 3. The van der Waals surface area contributed by atoms with Crippen LogP contribution in [-0.4, -0.2) is 52.4 Å². The number of likely N-dealkylation sites (tertiary alicyclic amines) is 1. The number of amides is 1. The predicted octanol–water partition coefficient (Wildman–Crippen LogP) is 3.01. The molecule has 7 heteroatoms. The minimum absolute atomic E-state index is 0.0411. The summed E-state index contributed by atoms with van der Waals surface area (Å²) < 4.78 is 5.48. The number of carbonyl (C=O) groups is 1. The highest BCUT2D eigenvalue weighted by Crippen LogP contribution is 2.29. The van der Waals surface area contributed by atoms with E-state index < -0.39 is 0 Å². The van der Waals surface area contributed by atoms with Crippen LogP contribution in [0.2, 0.25) is 0 Å². The molecule has 2 aliphatic heterocycles. The molecule has 1 saturated heterocycles. The Bertz CT molecular complexity index is 1110. The largest absolute Gasteiger partial charge is 0.496 e. The van der Waals surface area contributed by atoms with Crippen LogP contribution in [0.1, 0.15) is 54.2 Å². The van der Waals surface area contributed by atoms with Crippen LogP contribution < -0.4 is 10.3 Å². The highest BCUT2D eigenvalue weighted by Gasteiger charge is 2.31. The number of hydrogen-bond donors (Lipinski definition) is 1. The molecule has 0 bridgehead atoms. The Morgan fingerprint density at radius 1 is 1.24 bits per heavy atom. The Morgan fingerprint density at radius 2 is 2.12 bits per heavy atom. The fraction of sp³-hybridized carbons (Fsp3) is 0.500. The molecule has 1 fully saturated rings. The number of carbonyl (C=O) groups excluding carboxylic acids is 1. The first-order valence-electron chi connectivity index (χ1n) is 12.0. The molecule has 3 heterocycles. The van der Waals surface area contributed by atoms with Crippen molar-refractivity contribution < 1.29 is 9.53 Å². The Morgan fingerprint density at radius 3 is 2.94 bits per heavy atom. The van der Waals surface area contributed by atoms with Crippen LogP contribution in [0.25, 0.3) is 0 Å². The molecule has 0 radical (unpaired) electrons. The smallest absolute Gasteiger partial charge is 0.255 e. The number of nitrogens with one attached hydrogen (secondary N) is 1. The van der Waals surface area contributed by atoms with E-state index in [9.17, 15) is 9.59 Å². The molecule has 0 saturated carbocycles. The zero-order valence-electron chi connectivity index (χ0n) is 19.3. The van der Waals surface area contributed by atoms with E-state index >= 15 is 0 Å². The van der Waals surface area contributed by atoms with Gasteiger partial charge >= 0.3 is 0 Å². The number of hydrogen-bond acceptors (Lipinski definition) is 5. The fourth-order valence-corrected chi connectivity index (χ4v) is 5.33. The van der Waals surface area contributed by atoms with E-state index in [1.807, 2.05) is 23.1 Å². The van der Waals surface area contributed by atoms with Gasteiger partial charge in [0.15, 0.2) is 0 Å². The van der Waals surface area contributed by atoms with Gasteiger partial charge < -0.3 is 14.6 Å². The summed E-state index contributed by atoms with van der Waals surface area (Å²) in [5, 5.41) is 0. The Balaban J connectivity index is 1.24. The Labute approximate surface area is 194 Å². The van der Waals surface area contributed by atoms with Crippen molar-refractivity contribution in [3.63, 3.8) is 0 Å². The lowest BCUT2D eigenvalue weighted by Gasteiger charge is -2.28. The zero-order valence-corrected chi connectivity index (χ0v) is 19.3. The normalized spacial score (nSPS) is 22.5. The van der Waals surface area contributed by atoms with Crippen LogP contribution in [0, 0.1) is 5.92 Å². The van der Waals surface area contributed by atoms with Crippen molar-refractivity contribution in [2.24, 2.45) is 5.92 Å². The first-order valence-corrected chi connectivity index (χ1v) is 12.0. The van der Waals surface area contributed by atoms with Crippen molar-refractivity contribution in [1.82, 2.24) is 19.8 Å². The zero-order chi connectivity index (χ0) is 22.8. The van der Waals surface area contributed by atoms with Gasteiger partial charge in [0, 0.05) is 57.0 Å². The van der Waals surface area contributed by atoms with E-state index in [0.717, 1.165) is 73.7 Å². The first-order chi connectivity index (χ1) is 16.1. The van der Waals surface area contributed by atoms with Crippen molar-refractivity contribution in [1.29, 1.82) is 0 Å². The number of H-pyrrole nitrogens is 1. The number of aromatic amines is 1. The SMILES string of the molecule is COc1ccccc1CN1CCc2nc([C@H]3CCN(C(=O)C[C@H]4C=CCC4)C3)[nH]c(=O)c2C1. The Hall–Kier alpha value is -2.93. The van der Waals surface area contributed by atoms with Crippen molar-refractivity contribution in [2.45, 2.75) is 51.1 Å². The summed E-state index contributed by atoms with van der Waals surface area (Å²) in [7, 11) is 1.68. The van der Waals surface area contributed by atoms with Gasteiger partial charge in [-0.2, -0.15) is 0 Å². The topological polar surface area (TPSA) is 78.5 Å². The van der Waals surface area contributed by atoms with E-state index in [1.165, 1.54) is 0 Å². The molecule has 2 aromatic rings. The van der Waals surface area contributed by atoms with Gasteiger partial charge in [-0.05, 0) is 31.2 Å². The lowest BCUT2D eigenvalue weighted by Crippen LogP contribution is -2.36. The first kappa shape index (κ1) is 21.9. The van der Waals surface area contributed by atoms with Gasteiger partial charge in [0.1, 0.15) is 11.6 Å². The second-order valence-electron chi connectivity index (χ2n) is 9.44. The molecule has 33 heavy (non-hydrogen) atoms. The van der Waals surface area contributed by atoms with Crippen molar-refractivity contribution in [3.05, 3.63) is 69.4 Å². The van der Waals surface area contributed by atoms with Crippen molar-refractivity contribution in [2.75, 3.05) is 26.7 Å². The molecule has 0 spiro atoms. The minimum atomic E-state index is -0.0411. The monoisotopic (exact) mass is 448 g/mol. The number of rotatable bonds is 6. The molecule has 7 nitrogen and oxygen atoms in total. The standard InChI is InChI=1S/C26H32N4O3/c1-33-23-9-5-4-8-19(23)15-29-12-11-22-21(17-29)26(32)28-25(27-22)20-10-13-30(16-20)24(31)14-18-6-2-3-7-18/h2,4-6,8-9,18,20H,3,7,10-17H2,1H3,(H,27,28,32)/t18-,20-/m0/s1. The lowest BCUT2D eigenvalue weighted by atomic mass is 10.0. The third-order valence-electron chi connectivity index (χ3n) is 7.23. The number of fused-ring (bicyclic) bond motifs is 1. The highest BCUT2D eigenvalue weighted by atomic mass is 16.5. The number of aromatic nitrogens is 2. The fourth-order valence-electron chi connectivity index (χ4n) is 5.33. The van der Waals surface area contributed by atoms with Gasteiger partial charge in [-0.3, -0.25) is 14.5 Å². The highest BCUT2D eigenvalue weighted by molar-refractivity contribution is 5.77. The van der Waals surface area contributed by atoms with Gasteiger partial charge in [-0.1, -0.05) is 30.4 Å². The third kappa shape index (κ3) is 4.74. The summed E-state index contributed by atoms with van der Waals surface area (Å²) in [6, 6.07) is 8.01. The van der Waals surface area contributed by atoms with Gasteiger partial charge in [0.25, 0.3) is 5.56 Å². The summed E-state index contributed by atoms with van der Waals surface area (Å²) >= 11 is 0. The molecule has 174 valence electrons. The summed E-state index contributed by atoms with van der Waals surface area (Å²) in [6.07, 6.45) is 8.71. The van der Waals surface area contributed by atoms with Crippen LogP contribution in [-0.2, 0) is 24.3 Å². The maximum Gasteiger partial charge on any atom is 0.255 e. The van der Waals surface area contributed by atoms with Crippen LogP contribution >= 0.6 is 0 Å². The van der Waals surface area contributed by atoms with Crippen LogP contribution in [0.15, 0.2) is 41.2 Å². The number of methoxy groups -OCH3 is 1. The molecule has 1 amide bonds. The van der Waals surface area contributed by atoms with E-state index in [2.05, 4.69) is 28.1 Å². The van der Waals surface area contributed by atoms with Gasteiger partial charge in [0.05, 0.1) is 18.4 Å². The molecular weight excluding hydrogens is 416 g/mol. The van der Waals surface area contributed by atoms with E-state index in [-0.39, 0.29) is 17.4 Å². The maximum absolute atomic E-state index is 13.0. The summed E-state index contributed by atoms with van der Waals surface area (Å²) in [4.78, 5) is 37.8. The van der Waals surface area contributed by atoms with Gasteiger partial charge in [-0.25, -0.2) is 4.98 Å². The molecule has 1 N–H and O–H groups in total. The summed E-state index contributed by atoms with van der Waals surface area (Å²) in [5.41, 5.74) is 2.75. The predicted molar refractivity (Wildman–Crippen MR) is 126 cm³/mol. The molecular formula is C26H32N4O3. The van der Waals surface area contributed by atoms with E-state index in [4.69, 9.17) is 9.72 Å². The van der Waals surface area contributed by atoms with Crippen LogP contribution in [0.5, 0.6) is 5.75 Å². The molecule has 3 aliphatic rings. The van der Waals surface area contributed by atoms with E-state index in [1.54, 1.807) is 7.11 Å². The van der Waals surface area contributed by atoms with Crippen LogP contribution in [0.3, 0.4) is 0 Å². The molecule has 5 rings (SSSR count). The van der Waals surface area contributed by atoms with Crippen LogP contribution in [0.4, 0.5) is 0 Å². The third-order valence-corrected chi connectivity index (χ3v) is 7.23. The number of para-hydroxylation sites is 1. The molecule has 1 aromatic heterocycles. The average molecular weight is 449 g/mol. The second-order valence-corrected chi connectivity index (χ2v) is 9.44. The summed E-state index contributed by atoms with van der Waals surface area (Å²) in [6.45, 7) is 3.57. The molecule has 1 aromatic carbocycles. The van der Waals surface area contributed by atoms with E-state index in [0.29, 0.717) is 25.4 Å². The number of ether oxygens (including phenoxy) is 1.